The minimum atomic E-state index is -0.306. The average Bonchev–Trinajstić information content (AvgIpc) is 3.38. The zero-order chi connectivity index (χ0) is 25.5. The number of nitrogens with one attached hydrogen (secondary N) is 2. The van der Waals surface area contributed by atoms with Crippen LogP contribution in [0.3, 0.4) is 0 Å². The molecule has 4 rings (SSSR count). The number of aromatic nitrogens is 1. The molecule has 0 aliphatic carbocycles. The van der Waals surface area contributed by atoms with Crippen LogP contribution in [0.1, 0.15) is 17.5 Å². The highest BCUT2D eigenvalue weighted by Crippen LogP contribution is 2.38. The number of carbonyl (C=O) groups is 1. The molecule has 1 amide bonds. The first kappa shape index (κ1) is 24.7. The summed E-state index contributed by atoms with van der Waals surface area (Å²) in [7, 11) is 3.85. The van der Waals surface area contributed by atoms with Crippen LogP contribution in [0.15, 0.2) is 54.7 Å². The quantitative estimate of drug-likeness (QED) is 0.370. The van der Waals surface area contributed by atoms with E-state index in [1.807, 2.05) is 49.3 Å². The molecule has 8 heteroatoms. The number of anilines is 3. The first-order valence-electron chi connectivity index (χ1n) is 11.5. The summed E-state index contributed by atoms with van der Waals surface area (Å²) in [5, 5.41) is 16.7. The summed E-state index contributed by atoms with van der Waals surface area (Å²) < 4.78 is 11.6. The Morgan fingerprint density at radius 1 is 1.33 bits per heavy atom. The number of hydrogen-bond acceptors (Lipinski definition) is 7. The van der Waals surface area contributed by atoms with Crippen LogP contribution in [0.4, 0.5) is 17.1 Å². The molecule has 2 aromatic carbocycles. The topological polar surface area (TPSA) is 99.5 Å². The zero-order valence-corrected chi connectivity index (χ0v) is 20.2. The van der Waals surface area contributed by atoms with Crippen LogP contribution >= 0.6 is 0 Å². The van der Waals surface area contributed by atoms with Gasteiger partial charge in [-0.3, -0.25) is 9.78 Å². The van der Waals surface area contributed by atoms with Crippen molar-refractivity contribution in [2.24, 2.45) is 0 Å². The summed E-state index contributed by atoms with van der Waals surface area (Å²) >= 11 is 0. The van der Waals surface area contributed by atoms with Crippen LogP contribution in [0.5, 0.6) is 5.75 Å². The fraction of sp³-hybridized carbons (Fsp3) is 0.250. The van der Waals surface area contributed by atoms with Gasteiger partial charge in [-0.1, -0.05) is 18.1 Å². The Labute approximate surface area is 210 Å². The van der Waals surface area contributed by atoms with E-state index in [0.29, 0.717) is 58.9 Å². The molecule has 182 valence electrons. The van der Waals surface area contributed by atoms with E-state index in [1.54, 1.807) is 12.1 Å². The molecule has 1 saturated heterocycles. The molecule has 1 aliphatic heterocycles. The Morgan fingerprint density at radius 3 is 2.92 bits per heavy atom. The fourth-order valence-corrected chi connectivity index (χ4v) is 3.84. The number of ether oxygens (including phenoxy) is 2. The number of nitriles is 1. The van der Waals surface area contributed by atoms with Gasteiger partial charge in [-0.05, 0) is 44.4 Å². The number of pyridine rings is 1. The Morgan fingerprint density at radius 2 is 2.19 bits per heavy atom. The molecule has 1 atom stereocenters. The maximum absolute atomic E-state index is 12.8. The molecule has 0 bridgehead atoms. The predicted octanol–water partition coefficient (Wildman–Crippen LogP) is 4.06. The number of fused-ring (bicyclic) bond motifs is 1. The van der Waals surface area contributed by atoms with E-state index in [4.69, 9.17) is 15.9 Å². The van der Waals surface area contributed by atoms with Crippen molar-refractivity contribution in [3.8, 4) is 24.2 Å². The molecule has 8 nitrogen and oxygen atoms in total. The number of benzene rings is 2. The first-order chi connectivity index (χ1) is 17.5. The lowest BCUT2D eigenvalue weighted by molar-refractivity contribution is -0.111. The molecule has 3 aromatic rings. The molecule has 2 N–H and O–H groups in total. The number of likely N-dealkylation sites (N-methyl/N-ethyl adjacent to an activating group) is 1. The van der Waals surface area contributed by atoms with Gasteiger partial charge in [0.1, 0.15) is 23.6 Å². The molecule has 2 heterocycles. The van der Waals surface area contributed by atoms with Gasteiger partial charge in [-0.25, -0.2) is 0 Å². The second-order valence-electron chi connectivity index (χ2n) is 8.60. The standard InChI is InChI=1S/C28H27N5O3/c1-4-19-7-5-8-21(15-19)31-26-20(16-29)17-30-27-23(26)10-11-24(36-22-12-14-35-18-22)28(27)32-25(34)9-6-13-33(2)3/h1,5-11,15,17,22H,12-14,18H2,2-3H3,(H,30,31)(H,32,34)/b9-6+/t22-/m1/s1. The first-order valence-corrected chi connectivity index (χ1v) is 11.5. The molecule has 1 aliphatic rings. The van der Waals surface area contributed by atoms with Gasteiger partial charge in [0.05, 0.1) is 30.0 Å². The Bertz CT molecular complexity index is 1380. The minimum Gasteiger partial charge on any atom is -0.486 e. The van der Waals surface area contributed by atoms with E-state index >= 15 is 0 Å². The van der Waals surface area contributed by atoms with Gasteiger partial charge < -0.3 is 25.0 Å². The van der Waals surface area contributed by atoms with Gasteiger partial charge in [0.25, 0.3) is 0 Å². The van der Waals surface area contributed by atoms with Gasteiger partial charge in [-0.2, -0.15) is 5.26 Å². The summed E-state index contributed by atoms with van der Waals surface area (Å²) in [6.07, 6.45) is 10.9. The van der Waals surface area contributed by atoms with Gasteiger partial charge in [0.15, 0.2) is 0 Å². The van der Waals surface area contributed by atoms with Gasteiger partial charge in [0.2, 0.25) is 5.91 Å². The van der Waals surface area contributed by atoms with E-state index in [-0.39, 0.29) is 12.0 Å². The van der Waals surface area contributed by atoms with Crippen LogP contribution in [-0.2, 0) is 9.53 Å². The van der Waals surface area contributed by atoms with Crippen LogP contribution in [-0.4, -0.2) is 55.7 Å². The monoisotopic (exact) mass is 481 g/mol. The van der Waals surface area contributed by atoms with Gasteiger partial charge in [0, 0.05) is 41.9 Å². The maximum Gasteiger partial charge on any atom is 0.248 e. The van der Waals surface area contributed by atoms with Crippen molar-refractivity contribution >= 4 is 33.9 Å². The molecular formula is C28H27N5O3. The number of terminal acetylenes is 1. The second kappa shape index (κ2) is 11.4. The maximum atomic E-state index is 12.8. The van der Waals surface area contributed by atoms with E-state index in [9.17, 15) is 10.1 Å². The highest BCUT2D eigenvalue weighted by Gasteiger charge is 2.22. The van der Waals surface area contributed by atoms with Crippen LogP contribution in [0.2, 0.25) is 0 Å². The molecule has 0 saturated carbocycles. The summed E-state index contributed by atoms with van der Waals surface area (Å²) in [6.45, 7) is 1.73. The van der Waals surface area contributed by atoms with Crippen molar-refractivity contribution in [1.29, 1.82) is 5.26 Å². The number of rotatable bonds is 8. The Hall–Kier alpha value is -4.37. The number of amides is 1. The SMILES string of the molecule is C#Cc1cccc(Nc2c(C#N)cnc3c(NC(=O)/C=C/CN(C)C)c(O[C@@H]4CCOC4)ccc23)c1. The van der Waals surface area contributed by atoms with Crippen molar-refractivity contribution in [3.63, 3.8) is 0 Å². The fourth-order valence-electron chi connectivity index (χ4n) is 3.84. The third-order valence-electron chi connectivity index (χ3n) is 5.59. The van der Waals surface area contributed by atoms with Crippen molar-refractivity contribution in [3.05, 3.63) is 65.9 Å². The third-order valence-corrected chi connectivity index (χ3v) is 5.59. The predicted molar refractivity (Wildman–Crippen MR) is 140 cm³/mol. The molecule has 1 aromatic heterocycles. The highest BCUT2D eigenvalue weighted by molar-refractivity contribution is 6.10. The highest BCUT2D eigenvalue weighted by atomic mass is 16.5. The number of carbonyl (C=O) groups excluding carboxylic acids is 1. The van der Waals surface area contributed by atoms with Gasteiger partial charge in [-0.15, -0.1) is 6.42 Å². The third kappa shape index (κ3) is 5.81. The normalized spacial score (nSPS) is 15.1. The van der Waals surface area contributed by atoms with Crippen LogP contribution in [0.25, 0.3) is 10.9 Å². The molecule has 0 radical (unpaired) electrons. The second-order valence-corrected chi connectivity index (χ2v) is 8.60. The summed E-state index contributed by atoms with van der Waals surface area (Å²) in [6, 6.07) is 13.2. The summed E-state index contributed by atoms with van der Waals surface area (Å²) in [4.78, 5) is 19.3. The summed E-state index contributed by atoms with van der Waals surface area (Å²) in [5.74, 6) is 2.80. The summed E-state index contributed by atoms with van der Waals surface area (Å²) in [5.41, 5.74) is 3.29. The lowest BCUT2D eigenvalue weighted by Gasteiger charge is -2.19. The number of nitrogens with zero attached hydrogens (tertiary/aromatic N) is 3. The average molecular weight is 482 g/mol. The Balaban J connectivity index is 1.78. The molecule has 36 heavy (non-hydrogen) atoms. The van der Waals surface area contributed by atoms with Crippen LogP contribution < -0.4 is 15.4 Å². The molecular weight excluding hydrogens is 454 g/mol. The molecule has 0 spiro atoms. The van der Waals surface area contributed by atoms with E-state index in [0.717, 1.165) is 12.1 Å². The van der Waals surface area contributed by atoms with Crippen LogP contribution in [0, 0.1) is 23.7 Å². The molecule has 1 fully saturated rings. The van der Waals surface area contributed by atoms with E-state index in [2.05, 4.69) is 27.6 Å². The molecule has 0 unspecified atom stereocenters. The van der Waals surface area contributed by atoms with E-state index < -0.39 is 0 Å². The van der Waals surface area contributed by atoms with Gasteiger partial charge >= 0.3 is 0 Å². The largest absolute Gasteiger partial charge is 0.486 e. The number of hydrogen-bond donors (Lipinski definition) is 2. The van der Waals surface area contributed by atoms with Crippen molar-refractivity contribution in [2.75, 3.05) is 44.5 Å². The van der Waals surface area contributed by atoms with Crippen molar-refractivity contribution in [1.82, 2.24) is 9.88 Å². The lowest BCUT2D eigenvalue weighted by Crippen LogP contribution is -2.18. The Kier molecular flexibility index (Phi) is 7.82. The van der Waals surface area contributed by atoms with Crippen molar-refractivity contribution in [2.45, 2.75) is 12.5 Å². The van der Waals surface area contributed by atoms with E-state index in [1.165, 1.54) is 12.3 Å². The lowest BCUT2D eigenvalue weighted by atomic mass is 10.1. The zero-order valence-electron chi connectivity index (χ0n) is 20.2. The smallest absolute Gasteiger partial charge is 0.248 e. The van der Waals surface area contributed by atoms with Crippen molar-refractivity contribution < 1.29 is 14.3 Å². The minimum absolute atomic E-state index is 0.120.